The highest BCUT2D eigenvalue weighted by Gasteiger charge is 2.50. The number of rotatable bonds is 4. The highest BCUT2D eigenvalue weighted by Crippen LogP contribution is 2.42. The lowest BCUT2D eigenvalue weighted by Gasteiger charge is -2.57. The van der Waals surface area contributed by atoms with Crippen molar-refractivity contribution in [2.75, 3.05) is 26.2 Å². The predicted molar refractivity (Wildman–Crippen MR) is 128 cm³/mol. The molecular formula is C26H32N2O4S. The minimum absolute atomic E-state index is 0.0106. The third-order valence-electron chi connectivity index (χ3n) is 6.68. The summed E-state index contributed by atoms with van der Waals surface area (Å²) in [6, 6.07) is 14.9. The van der Waals surface area contributed by atoms with Gasteiger partial charge in [0.2, 0.25) is 10.0 Å². The zero-order chi connectivity index (χ0) is 23.6. The minimum atomic E-state index is -3.60. The fourth-order valence-electron chi connectivity index (χ4n) is 5.03. The maximum absolute atomic E-state index is 13.5. The fourth-order valence-corrected chi connectivity index (χ4v) is 6.63. The maximum Gasteiger partial charge on any atom is 0.243 e. The standard InChI is InChI=1S/C26H32N2O4S/c1-19-6-5-7-23(16-19)33(31,32)27-14-3-4-15-28-24(17-27)26(25(28)18-29)22-12-10-21(11-13-22)9-8-20(2)30/h5-7,10-13,16,20,24-26,29-30H,3-4,14-15,17-18H2,1-2H3/t20-,24+,25+,26+/m0/s1. The highest BCUT2D eigenvalue weighted by molar-refractivity contribution is 7.89. The first-order valence-electron chi connectivity index (χ1n) is 11.5. The van der Waals surface area contributed by atoms with E-state index in [1.54, 1.807) is 29.4 Å². The number of sulfonamides is 1. The molecule has 4 rings (SSSR count). The lowest BCUT2D eigenvalue weighted by atomic mass is 9.74. The van der Waals surface area contributed by atoms with Gasteiger partial charge in [0.1, 0.15) is 6.10 Å². The molecule has 0 amide bonds. The Morgan fingerprint density at radius 2 is 1.85 bits per heavy atom. The van der Waals surface area contributed by atoms with Crippen molar-refractivity contribution < 1.29 is 18.6 Å². The summed E-state index contributed by atoms with van der Waals surface area (Å²) >= 11 is 0. The molecule has 0 spiro atoms. The van der Waals surface area contributed by atoms with Crippen molar-refractivity contribution in [1.29, 1.82) is 0 Å². The molecule has 0 radical (unpaired) electrons. The summed E-state index contributed by atoms with van der Waals surface area (Å²) in [7, 11) is -3.60. The van der Waals surface area contributed by atoms with Gasteiger partial charge >= 0.3 is 0 Å². The minimum Gasteiger partial charge on any atom is -0.395 e. The van der Waals surface area contributed by atoms with Gasteiger partial charge in [0, 0.05) is 36.7 Å². The number of benzene rings is 2. The quantitative estimate of drug-likeness (QED) is 0.674. The first-order chi connectivity index (χ1) is 15.8. The normalized spacial score (nSPS) is 25.0. The molecule has 0 unspecified atom stereocenters. The Labute approximate surface area is 196 Å². The Morgan fingerprint density at radius 1 is 1.12 bits per heavy atom. The molecule has 0 bridgehead atoms. The second-order valence-corrected chi connectivity index (χ2v) is 11.0. The van der Waals surface area contributed by atoms with Crippen LogP contribution in [0.1, 0.15) is 42.4 Å². The Kier molecular flexibility index (Phi) is 7.22. The van der Waals surface area contributed by atoms with Crippen LogP contribution in [0.4, 0.5) is 0 Å². The van der Waals surface area contributed by atoms with Crippen LogP contribution in [0.5, 0.6) is 0 Å². The molecule has 2 aromatic rings. The smallest absolute Gasteiger partial charge is 0.243 e. The monoisotopic (exact) mass is 468 g/mol. The van der Waals surface area contributed by atoms with Gasteiger partial charge in [-0.1, -0.05) is 36.1 Å². The first kappa shape index (κ1) is 23.9. The molecule has 2 heterocycles. The third-order valence-corrected chi connectivity index (χ3v) is 8.54. The van der Waals surface area contributed by atoms with E-state index >= 15 is 0 Å². The van der Waals surface area contributed by atoms with Gasteiger partial charge in [-0.15, -0.1) is 0 Å². The van der Waals surface area contributed by atoms with Gasteiger partial charge in [0.15, 0.2) is 0 Å². The third kappa shape index (κ3) is 5.01. The lowest BCUT2D eigenvalue weighted by Crippen LogP contribution is -2.67. The molecule has 0 saturated carbocycles. The molecule has 2 fully saturated rings. The van der Waals surface area contributed by atoms with Crippen LogP contribution < -0.4 is 0 Å². The van der Waals surface area contributed by atoms with Crippen LogP contribution in [0.2, 0.25) is 0 Å². The van der Waals surface area contributed by atoms with Gasteiger partial charge in [-0.3, -0.25) is 4.90 Å². The number of fused-ring (bicyclic) bond motifs is 1. The van der Waals surface area contributed by atoms with E-state index < -0.39 is 16.1 Å². The maximum atomic E-state index is 13.5. The number of aliphatic hydroxyl groups is 2. The molecule has 2 saturated heterocycles. The van der Waals surface area contributed by atoms with E-state index in [1.807, 2.05) is 37.3 Å². The SMILES string of the molecule is Cc1cccc(S(=O)(=O)N2CCCCN3[C@H](CO)[C@H](c4ccc(C#C[C@H](C)O)cc4)[C@H]3C2)c1. The van der Waals surface area contributed by atoms with Crippen molar-refractivity contribution in [3.8, 4) is 11.8 Å². The Bertz CT molecular complexity index is 1130. The number of hydrogen-bond donors (Lipinski definition) is 2. The van der Waals surface area contributed by atoms with E-state index in [1.165, 1.54) is 0 Å². The summed E-state index contributed by atoms with van der Waals surface area (Å²) in [6.07, 6.45) is 1.01. The van der Waals surface area contributed by atoms with E-state index in [-0.39, 0.29) is 24.6 Å². The van der Waals surface area contributed by atoms with Gasteiger partial charge in [0.05, 0.1) is 11.5 Å². The zero-order valence-corrected chi connectivity index (χ0v) is 20.0. The van der Waals surface area contributed by atoms with Crippen LogP contribution >= 0.6 is 0 Å². The van der Waals surface area contributed by atoms with E-state index in [9.17, 15) is 18.6 Å². The molecule has 7 heteroatoms. The average molecular weight is 469 g/mol. The molecule has 2 aliphatic rings. The number of hydrogen-bond acceptors (Lipinski definition) is 5. The van der Waals surface area contributed by atoms with Gasteiger partial charge in [-0.2, -0.15) is 4.31 Å². The molecule has 2 aromatic carbocycles. The van der Waals surface area contributed by atoms with E-state index in [0.29, 0.717) is 18.0 Å². The Morgan fingerprint density at radius 3 is 2.52 bits per heavy atom. The average Bonchev–Trinajstić information content (AvgIpc) is 2.77. The predicted octanol–water partition coefficient (Wildman–Crippen LogP) is 2.34. The zero-order valence-electron chi connectivity index (χ0n) is 19.2. The highest BCUT2D eigenvalue weighted by atomic mass is 32.2. The Balaban J connectivity index is 1.61. The second-order valence-electron chi connectivity index (χ2n) is 9.03. The van der Waals surface area contributed by atoms with Crippen LogP contribution in [0.25, 0.3) is 0 Å². The Hall–Kier alpha value is -2.21. The van der Waals surface area contributed by atoms with Crippen molar-refractivity contribution in [1.82, 2.24) is 9.21 Å². The fraction of sp³-hybridized carbons (Fsp3) is 0.462. The number of aliphatic hydroxyl groups excluding tert-OH is 2. The van der Waals surface area contributed by atoms with Crippen LogP contribution in [0.3, 0.4) is 0 Å². The molecule has 2 aliphatic heterocycles. The van der Waals surface area contributed by atoms with E-state index in [2.05, 4.69) is 16.7 Å². The van der Waals surface area contributed by atoms with Crippen molar-refractivity contribution in [3.05, 3.63) is 65.2 Å². The topological polar surface area (TPSA) is 81.1 Å². The van der Waals surface area contributed by atoms with Crippen molar-refractivity contribution in [2.45, 2.75) is 55.7 Å². The summed E-state index contributed by atoms with van der Waals surface area (Å²) < 4.78 is 28.6. The van der Waals surface area contributed by atoms with Crippen molar-refractivity contribution >= 4 is 10.0 Å². The summed E-state index contributed by atoms with van der Waals surface area (Å²) in [5.74, 6) is 5.74. The van der Waals surface area contributed by atoms with Gasteiger partial charge in [0.25, 0.3) is 0 Å². The van der Waals surface area contributed by atoms with Crippen LogP contribution in [-0.4, -0.2) is 72.3 Å². The van der Waals surface area contributed by atoms with Crippen LogP contribution in [0, 0.1) is 18.8 Å². The molecule has 6 nitrogen and oxygen atoms in total. The molecular weight excluding hydrogens is 436 g/mol. The summed E-state index contributed by atoms with van der Waals surface area (Å²) in [5.41, 5.74) is 2.81. The van der Waals surface area contributed by atoms with Crippen LogP contribution in [0.15, 0.2) is 53.4 Å². The first-order valence-corrected chi connectivity index (χ1v) is 13.0. The molecule has 33 heavy (non-hydrogen) atoms. The second kappa shape index (κ2) is 9.96. The van der Waals surface area contributed by atoms with Gasteiger partial charge in [-0.05, 0) is 68.6 Å². The van der Waals surface area contributed by atoms with Gasteiger partial charge in [-0.25, -0.2) is 8.42 Å². The molecule has 176 valence electrons. The van der Waals surface area contributed by atoms with E-state index in [0.717, 1.165) is 36.1 Å². The summed E-state index contributed by atoms with van der Waals surface area (Å²) in [6.45, 7) is 5.34. The lowest BCUT2D eigenvalue weighted by molar-refractivity contribution is -0.0553. The van der Waals surface area contributed by atoms with Crippen molar-refractivity contribution in [2.24, 2.45) is 0 Å². The molecule has 4 atom stereocenters. The summed E-state index contributed by atoms with van der Waals surface area (Å²) in [5, 5.41) is 19.5. The molecule has 2 N–H and O–H groups in total. The number of nitrogens with zero attached hydrogens (tertiary/aromatic N) is 2. The largest absolute Gasteiger partial charge is 0.395 e. The molecule has 0 aliphatic carbocycles. The van der Waals surface area contributed by atoms with E-state index in [4.69, 9.17) is 0 Å². The van der Waals surface area contributed by atoms with Crippen LogP contribution in [-0.2, 0) is 10.0 Å². The summed E-state index contributed by atoms with van der Waals surface area (Å²) in [4.78, 5) is 2.61. The van der Waals surface area contributed by atoms with Gasteiger partial charge < -0.3 is 10.2 Å². The number of aryl methyl sites for hydroxylation is 1. The van der Waals surface area contributed by atoms with Crippen molar-refractivity contribution in [3.63, 3.8) is 0 Å². The molecule has 0 aromatic heterocycles.